The standard InChI is InChI=1S/C22H37F2N3.C10H8ClNO2/c1-3-4-5-6-7-8-9-10-15-25-18-21(11-13-22(23,24)14-12-21)20-16-26-19(2)27-17-20;1-5-4-7(10(13)14)8(11)6-2-3-12-9(5)6/h16-17,25H,3-15,18H2,1-2H3;2-4,12H,1H3,(H,13,14). The van der Waals surface area contributed by atoms with Crippen molar-refractivity contribution in [2.75, 3.05) is 13.1 Å². The third kappa shape index (κ3) is 9.47. The molecule has 0 aliphatic heterocycles. The molecule has 0 spiro atoms. The van der Waals surface area contributed by atoms with Crippen molar-refractivity contribution in [3.8, 4) is 0 Å². The Morgan fingerprint density at radius 1 is 1.02 bits per heavy atom. The van der Waals surface area contributed by atoms with Gasteiger partial charge in [-0.2, -0.15) is 0 Å². The minimum atomic E-state index is -2.52. The van der Waals surface area contributed by atoms with Crippen LogP contribution in [-0.4, -0.2) is 45.0 Å². The first-order chi connectivity index (χ1) is 19.6. The fourth-order valence-corrected chi connectivity index (χ4v) is 5.86. The van der Waals surface area contributed by atoms with Crippen molar-refractivity contribution in [2.45, 2.75) is 109 Å². The fourth-order valence-electron chi connectivity index (χ4n) is 5.57. The van der Waals surface area contributed by atoms with E-state index in [0.29, 0.717) is 17.9 Å². The van der Waals surface area contributed by atoms with Crippen LogP contribution in [0.3, 0.4) is 0 Å². The lowest BCUT2D eigenvalue weighted by atomic mass is 9.69. The normalized spacial score (nSPS) is 15.9. The summed E-state index contributed by atoms with van der Waals surface area (Å²) in [6.45, 7) is 7.65. The van der Waals surface area contributed by atoms with Gasteiger partial charge in [0.15, 0.2) is 0 Å². The number of aryl methyl sites for hydroxylation is 2. The summed E-state index contributed by atoms with van der Waals surface area (Å²) in [6.07, 6.45) is 16.7. The quantitative estimate of drug-likeness (QED) is 0.173. The molecule has 3 N–H and O–H groups in total. The van der Waals surface area contributed by atoms with Gasteiger partial charge >= 0.3 is 5.97 Å². The summed E-state index contributed by atoms with van der Waals surface area (Å²) >= 11 is 5.95. The third-order valence-electron chi connectivity index (χ3n) is 8.21. The molecule has 3 aromatic rings. The number of halogens is 3. The number of aromatic carboxylic acids is 1. The van der Waals surface area contributed by atoms with Crippen molar-refractivity contribution in [3.05, 3.63) is 58.3 Å². The molecule has 0 bridgehead atoms. The monoisotopic (exact) mass is 590 g/mol. The molecule has 1 aliphatic carbocycles. The van der Waals surface area contributed by atoms with Crippen LogP contribution in [0.5, 0.6) is 0 Å². The summed E-state index contributed by atoms with van der Waals surface area (Å²) in [5, 5.41) is 13.5. The molecule has 0 saturated heterocycles. The second-order valence-corrected chi connectivity index (χ2v) is 11.8. The van der Waals surface area contributed by atoms with Crippen LogP contribution in [0.15, 0.2) is 30.7 Å². The van der Waals surface area contributed by atoms with Crippen LogP contribution in [0.4, 0.5) is 8.78 Å². The zero-order chi connectivity index (χ0) is 29.9. The largest absolute Gasteiger partial charge is 0.478 e. The van der Waals surface area contributed by atoms with Gasteiger partial charge in [0.1, 0.15) is 5.82 Å². The van der Waals surface area contributed by atoms with E-state index in [1.807, 2.05) is 26.2 Å². The van der Waals surface area contributed by atoms with Crippen LogP contribution in [-0.2, 0) is 5.41 Å². The number of hydrogen-bond donors (Lipinski definition) is 3. The number of aromatic nitrogens is 3. The summed E-state index contributed by atoms with van der Waals surface area (Å²) in [4.78, 5) is 22.5. The van der Waals surface area contributed by atoms with Gasteiger partial charge in [-0.25, -0.2) is 23.5 Å². The Bertz CT molecular complexity index is 1240. The molecule has 0 unspecified atom stereocenters. The highest BCUT2D eigenvalue weighted by atomic mass is 35.5. The molecule has 1 saturated carbocycles. The number of nitrogens with zero attached hydrogens (tertiary/aromatic N) is 2. The van der Waals surface area contributed by atoms with E-state index in [0.717, 1.165) is 47.4 Å². The van der Waals surface area contributed by atoms with E-state index >= 15 is 0 Å². The van der Waals surface area contributed by atoms with Gasteiger partial charge in [0.05, 0.1) is 10.6 Å². The van der Waals surface area contributed by atoms with Gasteiger partial charge in [0.2, 0.25) is 5.92 Å². The van der Waals surface area contributed by atoms with Crippen LogP contribution in [0.1, 0.15) is 111 Å². The molecule has 41 heavy (non-hydrogen) atoms. The van der Waals surface area contributed by atoms with Crippen molar-refractivity contribution in [3.63, 3.8) is 0 Å². The van der Waals surface area contributed by atoms with Crippen LogP contribution in [0.25, 0.3) is 10.9 Å². The van der Waals surface area contributed by atoms with Crippen LogP contribution in [0, 0.1) is 13.8 Å². The van der Waals surface area contributed by atoms with E-state index in [4.69, 9.17) is 16.7 Å². The van der Waals surface area contributed by atoms with Gasteiger partial charge in [0, 0.05) is 54.3 Å². The van der Waals surface area contributed by atoms with E-state index in [9.17, 15) is 13.6 Å². The number of alkyl halides is 2. The molecule has 9 heteroatoms. The van der Waals surface area contributed by atoms with Crippen molar-refractivity contribution >= 4 is 28.5 Å². The smallest absolute Gasteiger partial charge is 0.337 e. The lowest BCUT2D eigenvalue weighted by molar-refractivity contribution is -0.0519. The highest BCUT2D eigenvalue weighted by Gasteiger charge is 2.44. The Hall–Kier alpha value is -2.58. The number of H-pyrrole nitrogens is 1. The maximum atomic E-state index is 13.7. The minimum absolute atomic E-state index is 0.0414. The van der Waals surface area contributed by atoms with Gasteiger partial charge < -0.3 is 15.4 Å². The van der Waals surface area contributed by atoms with Gasteiger partial charge in [-0.1, -0.05) is 63.5 Å². The predicted molar refractivity (Wildman–Crippen MR) is 162 cm³/mol. The number of aromatic amines is 1. The number of carboxylic acid groups (broad SMARTS) is 1. The Morgan fingerprint density at radius 2 is 1.63 bits per heavy atom. The molecular formula is C32H45ClF2N4O2. The van der Waals surface area contributed by atoms with Gasteiger partial charge in [0.25, 0.3) is 0 Å². The fraction of sp³-hybridized carbons (Fsp3) is 0.594. The number of carboxylic acids is 1. The van der Waals surface area contributed by atoms with Crippen molar-refractivity contribution in [1.29, 1.82) is 0 Å². The molecule has 1 fully saturated rings. The molecule has 1 aromatic carbocycles. The Morgan fingerprint density at radius 3 is 2.24 bits per heavy atom. The predicted octanol–water partition coefficient (Wildman–Crippen LogP) is 8.79. The lowest BCUT2D eigenvalue weighted by Crippen LogP contribution is -2.44. The van der Waals surface area contributed by atoms with Gasteiger partial charge in [-0.3, -0.25) is 0 Å². The molecule has 0 radical (unpaired) electrons. The molecule has 2 heterocycles. The highest BCUT2D eigenvalue weighted by Crippen LogP contribution is 2.44. The van der Waals surface area contributed by atoms with Gasteiger partial charge in [-0.15, -0.1) is 0 Å². The van der Waals surface area contributed by atoms with Crippen molar-refractivity contribution in [2.24, 2.45) is 0 Å². The molecular weight excluding hydrogens is 546 g/mol. The summed E-state index contributed by atoms with van der Waals surface area (Å²) in [5.41, 5.74) is 2.67. The van der Waals surface area contributed by atoms with E-state index in [1.54, 1.807) is 18.3 Å². The zero-order valence-corrected chi connectivity index (χ0v) is 25.4. The van der Waals surface area contributed by atoms with E-state index in [1.165, 1.54) is 44.9 Å². The van der Waals surface area contributed by atoms with Crippen LogP contribution in [0.2, 0.25) is 5.02 Å². The topological polar surface area (TPSA) is 90.9 Å². The molecule has 6 nitrogen and oxygen atoms in total. The first-order valence-corrected chi connectivity index (χ1v) is 15.3. The van der Waals surface area contributed by atoms with E-state index in [2.05, 4.69) is 27.2 Å². The van der Waals surface area contributed by atoms with Crippen LogP contribution >= 0.6 is 11.6 Å². The molecule has 0 atom stereocenters. The molecule has 2 aromatic heterocycles. The SMILES string of the molecule is CCCCCCCCCCNCC1(c2cnc(C)nc2)CCC(F)(F)CC1.Cc1cc(C(=O)O)c(Cl)c2cc[nH]c12. The van der Waals surface area contributed by atoms with E-state index in [-0.39, 0.29) is 23.8 Å². The second kappa shape index (κ2) is 15.6. The number of unbranched alkanes of at least 4 members (excludes halogenated alkanes) is 7. The zero-order valence-electron chi connectivity index (χ0n) is 24.7. The Kier molecular flexibility index (Phi) is 12.5. The number of carbonyl (C=O) groups is 1. The molecule has 1 aliphatic rings. The first kappa shape index (κ1) is 32.9. The summed E-state index contributed by atoms with van der Waals surface area (Å²) in [6, 6.07) is 3.35. The Balaban J connectivity index is 0.000000275. The number of nitrogens with one attached hydrogen (secondary N) is 2. The number of benzene rings is 1. The first-order valence-electron chi connectivity index (χ1n) is 15.0. The highest BCUT2D eigenvalue weighted by molar-refractivity contribution is 6.38. The maximum absolute atomic E-state index is 13.7. The average Bonchev–Trinajstić information content (AvgIpc) is 3.45. The summed E-state index contributed by atoms with van der Waals surface area (Å²) in [5.74, 6) is -2.80. The average molecular weight is 591 g/mol. The van der Waals surface area contributed by atoms with Crippen LogP contribution < -0.4 is 5.32 Å². The molecule has 226 valence electrons. The molecule has 0 amide bonds. The number of hydrogen-bond acceptors (Lipinski definition) is 4. The van der Waals surface area contributed by atoms with Crippen molar-refractivity contribution < 1.29 is 18.7 Å². The lowest BCUT2D eigenvalue weighted by Gasteiger charge is -2.40. The second-order valence-electron chi connectivity index (χ2n) is 11.4. The van der Waals surface area contributed by atoms with Crippen molar-refractivity contribution in [1.82, 2.24) is 20.3 Å². The number of rotatable bonds is 13. The summed E-state index contributed by atoms with van der Waals surface area (Å²) in [7, 11) is 0. The van der Waals surface area contributed by atoms with E-state index < -0.39 is 11.9 Å². The Labute approximate surface area is 247 Å². The minimum Gasteiger partial charge on any atom is -0.478 e. The number of fused-ring (bicyclic) bond motifs is 1. The molecule has 4 rings (SSSR count). The third-order valence-corrected chi connectivity index (χ3v) is 8.62. The maximum Gasteiger partial charge on any atom is 0.337 e. The van der Waals surface area contributed by atoms with Gasteiger partial charge in [-0.05, 0) is 62.9 Å². The summed E-state index contributed by atoms with van der Waals surface area (Å²) < 4.78 is 27.4.